The summed E-state index contributed by atoms with van der Waals surface area (Å²) in [6.07, 6.45) is 4.27. The Bertz CT molecular complexity index is 869. The van der Waals surface area contributed by atoms with Crippen molar-refractivity contribution in [1.29, 1.82) is 0 Å². The first-order chi connectivity index (χ1) is 13.6. The van der Waals surface area contributed by atoms with Gasteiger partial charge in [-0.15, -0.1) is 0 Å². The third kappa shape index (κ3) is 3.09. The van der Waals surface area contributed by atoms with Crippen molar-refractivity contribution < 1.29 is 23.8 Å². The highest BCUT2D eigenvalue weighted by Crippen LogP contribution is 2.66. The summed E-state index contributed by atoms with van der Waals surface area (Å²) in [5.41, 5.74) is 3.02. The largest absolute Gasteiger partial charge is 0.422 e. The van der Waals surface area contributed by atoms with Gasteiger partial charge in [0.15, 0.2) is 11.5 Å². The van der Waals surface area contributed by atoms with Crippen LogP contribution >= 0.6 is 0 Å². The van der Waals surface area contributed by atoms with E-state index >= 15 is 0 Å². The number of benzene rings is 1. The van der Waals surface area contributed by atoms with Gasteiger partial charge in [-0.05, 0) is 48.1 Å². The lowest BCUT2D eigenvalue weighted by molar-refractivity contribution is -0.141. The van der Waals surface area contributed by atoms with E-state index in [9.17, 15) is 9.59 Å². The fraction of sp³-hybridized carbons (Fsp3) is 0.667. The fourth-order valence-corrected chi connectivity index (χ4v) is 6.16. The van der Waals surface area contributed by atoms with E-state index in [2.05, 4.69) is 33.8 Å². The third-order valence-electron chi connectivity index (χ3n) is 7.30. The molecule has 2 heterocycles. The molecule has 2 aliphatic carbocycles. The zero-order valence-electron chi connectivity index (χ0n) is 18.4. The van der Waals surface area contributed by atoms with Gasteiger partial charge in [0, 0.05) is 30.4 Å². The molecule has 1 aromatic carbocycles. The predicted molar refractivity (Wildman–Crippen MR) is 109 cm³/mol. The molecule has 5 rings (SSSR count). The first kappa shape index (κ1) is 20.4. The van der Waals surface area contributed by atoms with Gasteiger partial charge in [0.25, 0.3) is 0 Å². The maximum atomic E-state index is 12.1. The Morgan fingerprint density at radius 3 is 2.38 bits per heavy atom. The van der Waals surface area contributed by atoms with E-state index < -0.39 is 11.9 Å². The topological polar surface area (TPSA) is 61.8 Å². The van der Waals surface area contributed by atoms with E-state index in [1.807, 2.05) is 0 Å². The van der Waals surface area contributed by atoms with E-state index in [4.69, 9.17) is 14.2 Å². The highest BCUT2D eigenvalue weighted by molar-refractivity contribution is 5.77. The molecule has 0 radical (unpaired) electrons. The van der Waals surface area contributed by atoms with Crippen LogP contribution in [-0.4, -0.2) is 18.5 Å². The number of fused-ring (bicyclic) bond motifs is 1. The van der Waals surface area contributed by atoms with E-state index in [0.29, 0.717) is 24.0 Å². The molecule has 5 heteroatoms. The second-order valence-electron chi connectivity index (χ2n) is 10.0. The zero-order chi connectivity index (χ0) is 21.1. The van der Waals surface area contributed by atoms with Gasteiger partial charge >= 0.3 is 11.9 Å². The molecule has 2 fully saturated rings. The van der Waals surface area contributed by atoms with Crippen LogP contribution in [0, 0.1) is 11.3 Å². The number of hydrogen-bond acceptors (Lipinski definition) is 5. The number of hydrogen-bond donors (Lipinski definition) is 0. The Hall–Kier alpha value is -1.88. The predicted octanol–water partition coefficient (Wildman–Crippen LogP) is 5.20. The molecule has 0 aromatic heterocycles. The number of esters is 2. The van der Waals surface area contributed by atoms with E-state index in [1.54, 1.807) is 0 Å². The fourth-order valence-electron chi connectivity index (χ4n) is 6.16. The lowest BCUT2D eigenvalue weighted by Crippen LogP contribution is -2.57. The Labute approximate surface area is 173 Å². The summed E-state index contributed by atoms with van der Waals surface area (Å²) in [6, 6.07) is 2.13. The maximum Gasteiger partial charge on any atom is 0.308 e. The van der Waals surface area contributed by atoms with Crippen molar-refractivity contribution in [2.75, 3.05) is 6.61 Å². The zero-order valence-corrected chi connectivity index (χ0v) is 18.4. The number of rotatable bonds is 3. The van der Waals surface area contributed by atoms with Crippen molar-refractivity contribution in [3.8, 4) is 11.5 Å². The van der Waals surface area contributed by atoms with Crippen LogP contribution in [0.2, 0.25) is 0 Å². The van der Waals surface area contributed by atoms with Gasteiger partial charge in [0.2, 0.25) is 0 Å². The lowest BCUT2D eigenvalue weighted by atomic mass is 9.48. The van der Waals surface area contributed by atoms with Crippen LogP contribution in [0.25, 0.3) is 0 Å². The SMILES string of the molecule is CC(=O)Oc1c(C(C)C)cc2c(c1OC(C)=O)[C@@]13CCCC(C)(C)[C@@H]1C[C@@H]2OC3. The number of ether oxygens (including phenoxy) is 3. The van der Waals surface area contributed by atoms with Crippen LogP contribution in [0.1, 0.15) is 95.9 Å². The normalized spacial score (nSPS) is 29.2. The molecule has 3 atom stereocenters. The van der Waals surface area contributed by atoms with Crippen molar-refractivity contribution in [3.63, 3.8) is 0 Å². The second-order valence-corrected chi connectivity index (χ2v) is 10.0. The van der Waals surface area contributed by atoms with Gasteiger partial charge in [-0.2, -0.15) is 0 Å². The summed E-state index contributed by atoms with van der Waals surface area (Å²) in [4.78, 5) is 24.1. The third-order valence-corrected chi connectivity index (χ3v) is 7.30. The second kappa shape index (κ2) is 6.83. The highest BCUT2D eigenvalue weighted by atomic mass is 16.6. The molecular weight excluding hydrogens is 368 g/mol. The van der Waals surface area contributed by atoms with Gasteiger partial charge in [0.1, 0.15) is 0 Å². The number of carbonyl (C=O) groups excluding carboxylic acids is 2. The molecule has 0 amide bonds. The summed E-state index contributed by atoms with van der Waals surface area (Å²) in [7, 11) is 0. The monoisotopic (exact) mass is 400 g/mol. The van der Waals surface area contributed by atoms with Crippen LogP contribution in [0.3, 0.4) is 0 Å². The van der Waals surface area contributed by atoms with Crippen molar-refractivity contribution in [2.24, 2.45) is 11.3 Å². The summed E-state index contributed by atoms with van der Waals surface area (Å²) >= 11 is 0. The molecular formula is C24H32O5. The molecule has 1 aromatic rings. The van der Waals surface area contributed by atoms with Crippen molar-refractivity contribution in [1.82, 2.24) is 0 Å². The minimum atomic E-state index is -0.407. The molecule has 1 spiro atoms. The Morgan fingerprint density at radius 2 is 1.76 bits per heavy atom. The van der Waals surface area contributed by atoms with Gasteiger partial charge in [0.05, 0.1) is 12.7 Å². The highest BCUT2D eigenvalue weighted by Gasteiger charge is 2.60. The Balaban J connectivity index is 2.03. The van der Waals surface area contributed by atoms with Gasteiger partial charge in [-0.1, -0.05) is 34.1 Å². The smallest absolute Gasteiger partial charge is 0.308 e. The van der Waals surface area contributed by atoms with Crippen molar-refractivity contribution in [2.45, 2.75) is 84.7 Å². The summed E-state index contributed by atoms with van der Waals surface area (Å²) in [6.45, 7) is 12.2. The maximum absolute atomic E-state index is 12.1. The summed E-state index contributed by atoms with van der Waals surface area (Å²) in [5.74, 6) is 0.609. The lowest BCUT2D eigenvalue weighted by Gasteiger charge is -2.60. The van der Waals surface area contributed by atoms with Gasteiger partial charge in [-0.25, -0.2) is 0 Å². The quantitative estimate of drug-likeness (QED) is 0.515. The molecule has 4 aliphatic rings. The van der Waals surface area contributed by atoms with Gasteiger partial charge < -0.3 is 14.2 Å². The van der Waals surface area contributed by atoms with Crippen molar-refractivity contribution >= 4 is 11.9 Å². The molecule has 2 bridgehead atoms. The van der Waals surface area contributed by atoms with Crippen LogP contribution < -0.4 is 9.47 Å². The first-order valence-corrected chi connectivity index (χ1v) is 10.8. The Kier molecular flexibility index (Phi) is 4.80. The average molecular weight is 401 g/mol. The molecule has 29 heavy (non-hydrogen) atoms. The van der Waals surface area contributed by atoms with E-state index in [-0.39, 0.29) is 22.9 Å². The van der Waals surface area contributed by atoms with Crippen LogP contribution in [0.15, 0.2) is 6.07 Å². The Morgan fingerprint density at radius 1 is 1.10 bits per heavy atom. The standard InChI is InChI=1S/C24H32O5/c1-13(2)16-10-17-18-11-19-23(5,6)8-7-9-24(19,12-27-18)20(17)22(29-15(4)26)21(16)28-14(3)25/h10,13,18-19H,7-9,11-12H2,1-6H3/t18-,19-,24+/m0/s1. The summed E-state index contributed by atoms with van der Waals surface area (Å²) in [5, 5.41) is 0. The van der Waals surface area contributed by atoms with Crippen LogP contribution in [0.5, 0.6) is 11.5 Å². The molecule has 1 saturated carbocycles. The average Bonchev–Trinajstić information content (AvgIpc) is 2.61. The van der Waals surface area contributed by atoms with Crippen LogP contribution in [0.4, 0.5) is 0 Å². The van der Waals surface area contributed by atoms with E-state index in [0.717, 1.165) is 36.0 Å². The minimum Gasteiger partial charge on any atom is -0.422 e. The molecule has 2 aliphatic heterocycles. The molecule has 0 N–H and O–H groups in total. The van der Waals surface area contributed by atoms with E-state index in [1.165, 1.54) is 20.3 Å². The summed E-state index contributed by atoms with van der Waals surface area (Å²) < 4.78 is 17.8. The molecule has 0 unspecified atom stereocenters. The number of carbonyl (C=O) groups is 2. The van der Waals surface area contributed by atoms with Gasteiger partial charge in [-0.3, -0.25) is 9.59 Å². The first-order valence-electron chi connectivity index (χ1n) is 10.8. The molecule has 1 saturated heterocycles. The molecule has 158 valence electrons. The molecule has 5 nitrogen and oxygen atoms in total. The van der Waals surface area contributed by atoms with Crippen molar-refractivity contribution in [3.05, 3.63) is 22.8 Å². The van der Waals surface area contributed by atoms with Crippen LogP contribution in [-0.2, 0) is 19.7 Å². The minimum absolute atomic E-state index is 0.00700.